The summed E-state index contributed by atoms with van der Waals surface area (Å²) in [6.45, 7) is 1.76. The van der Waals surface area contributed by atoms with Gasteiger partial charge < -0.3 is 14.8 Å². The molecule has 1 N–H and O–H groups in total. The van der Waals surface area contributed by atoms with Gasteiger partial charge in [0.25, 0.3) is 5.91 Å². The summed E-state index contributed by atoms with van der Waals surface area (Å²) < 4.78 is 13.1. The molecule has 2 aromatic carbocycles. The van der Waals surface area contributed by atoms with Crippen molar-refractivity contribution in [1.29, 1.82) is 0 Å². The van der Waals surface area contributed by atoms with Gasteiger partial charge in [-0.25, -0.2) is 0 Å². The number of hydrogen-bond donors (Lipinski definition) is 1. The summed E-state index contributed by atoms with van der Waals surface area (Å²) in [6.07, 6.45) is 4.43. The first-order valence-electron chi connectivity index (χ1n) is 8.66. The third-order valence-corrected chi connectivity index (χ3v) is 4.46. The Balaban J connectivity index is 1.47. The first-order chi connectivity index (χ1) is 13.2. The molecule has 1 aliphatic rings. The molecule has 0 atom stereocenters. The number of rotatable bonds is 4. The van der Waals surface area contributed by atoms with Gasteiger partial charge in [-0.2, -0.15) is 5.10 Å². The molecule has 0 saturated heterocycles. The van der Waals surface area contributed by atoms with E-state index < -0.39 is 0 Å². The highest BCUT2D eigenvalue weighted by Crippen LogP contribution is 2.38. The van der Waals surface area contributed by atoms with E-state index in [1.807, 2.05) is 41.2 Å². The zero-order chi connectivity index (χ0) is 18.6. The molecular weight excluding hydrogens is 366 g/mol. The van der Waals surface area contributed by atoms with Gasteiger partial charge in [0, 0.05) is 30.1 Å². The molecule has 1 amide bonds. The molecule has 0 bridgehead atoms. The van der Waals surface area contributed by atoms with Gasteiger partial charge >= 0.3 is 0 Å². The van der Waals surface area contributed by atoms with Crippen LogP contribution in [0, 0.1) is 0 Å². The Morgan fingerprint density at radius 2 is 2.00 bits per heavy atom. The lowest BCUT2D eigenvalue weighted by Crippen LogP contribution is -2.12. The normalized spacial score (nSPS) is 13.1. The van der Waals surface area contributed by atoms with Crippen LogP contribution < -0.4 is 14.8 Å². The molecule has 138 valence electrons. The van der Waals surface area contributed by atoms with E-state index >= 15 is 0 Å². The Morgan fingerprint density at radius 3 is 2.78 bits per heavy atom. The van der Waals surface area contributed by atoms with Gasteiger partial charge in [0.1, 0.15) is 0 Å². The van der Waals surface area contributed by atoms with Crippen molar-refractivity contribution in [3.8, 4) is 11.5 Å². The van der Waals surface area contributed by atoms with Gasteiger partial charge in [0.15, 0.2) is 11.5 Å². The lowest BCUT2D eigenvalue weighted by Gasteiger charge is -2.12. The zero-order valence-electron chi connectivity index (χ0n) is 14.5. The van der Waals surface area contributed by atoms with Crippen LogP contribution in [0.3, 0.4) is 0 Å². The second-order valence-electron chi connectivity index (χ2n) is 6.19. The highest BCUT2D eigenvalue weighted by atomic mass is 35.5. The van der Waals surface area contributed by atoms with E-state index in [1.165, 1.54) is 0 Å². The molecule has 1 aromatic heterocycles. The molecule has 27 heavy (non-hydrogen) atoms. The van der Waals surface area contributed by atoms with Crippen molar-refractivity contribution < 1.29 is 14.3 Å². The van der Waals surface area contributed by atoms with E-state index in [9.17, 15) is 4.79 Å². The van der Waals surface area contributed by atoms with E-state index in [2.05, 4.69) is 10.4 Å². The summed E-state index contributed by atoms with van der Waals surface area (Å²) in [5, 5.41) is 7.43. The molecule has 1 aliphatic heterocycles. The Hall–Kier alpha value is -2.99. The molecule has 0 unspecified atom stereocenters. The number of carbonyl (C=O) groups is 1. The van der Waals surface area contributed by atoms with E-state index in [4.69, 9.17) is 21.1 Å². The van der Waals surface area contributed by atoms with Crippen LogP contribution in [0.2, 0.25) is 5.02 Å². The molecule has 0 radical (unpaired) electrons. The predicted molar refractivity (Wildman–Crippen MR) is 103 cm³/mol. The molecule has 0 saturated carbocycles. The second-order valence-corrected chi connectivity index (χ2v) is 6.60. The van der Waals surface area contributed by atoms with Gasteiger partial charge in [-0.1, -0.05) is 23.7 Å². The number of aromatic nitrogens is 2. The predicted octanol–water partition coefficient (Wildman–Crippen LogP) is 4.00. The third-order valence-electron chi connectivity index (χ3n) is 4.18. The minimum Gasteiger partial charge on any atom is -0.489 e. The van der Waals surface area contributed by atoms with Crippen LogP contribution in [0.1, 0.15) is 22.3 Å². The summed E-state index contributed by atoms with van der Waals surface area (Å²) in [7, 11) is 0. The number of halogens is 1. The minimum atomic E-state index is -0.257. The molecule has 0 fully saturated rings. The number of hydrogen-bond acceptors (Lipinski definition) is 4. The first-order valence-corrected chi connectivity index (χ1v) is 9.04. The van der Waals surface area contributed by atoms with Crippen LogP contribution in [0.4, 0.5) is 5.69 Å². The van der Waals surface area contributed by atoms with Crippen molar-refractivity contribution in [3.63, 3.8) is 0 Å². The average Bonchev–Trinajstić information content (AvgIpc) is 3.05. The maximum atomic E-state index is 12.6. The minimum absolute atomic E-state index is 0.257. The van der Waals surface area contributed by atoms with Crippen LogP contribution in [0.25, 0.3) is 0 Å². The maximum Gasteiger partial charge on any atom is 0.255 e. The molecule has 3 aromatic rings. The first kappa shape index (κ1) is 17.4. The van der Waals surface area contributed by atoms with E-state index in [0.717, 1.165) is 12.0 Å². The quantitative estimate of drug-likeness (QED) is 0.739. The number of carbonyl (C=O) groups excluding carboxylic acids is 1. The van der Waals surface area contributed by atoms with Crippen molar-refractivity contribution in [1.82, 2.24) is 9.78 Å². The van der Waals surface area contributed by atoms with Gasteiger partial charge in [-0.05, 0) is 35.9 Å². The zero-order valence-corrected chi connectivity index (χ0v) is 15.3. The molecule has 7 heteroatoms. The summed E-state index contributed by atoms with van der Waals surface area (Å²) in [6, 6.07) is 12.8. The fraction of sp³-hybridized carbons (Fsp3) is 0.200. The standard InChI is InChI=1S/C20H18ClN3O3/c21-17-11-15(12-18-19(17)27-10-2-9-26-18)20(25)23-16-5-3-14(4-6-16)13-24-8-1-7-22-24/h1,3-8,11-12H,2,9-10,13H2,(H,23,25). The summed E-state index contributed by atoms with van der Waals surface area (Å²) in [5.74, 6) is 0.737. The molecule has 0 spiro atoms. The number of amides is 1. The van der Waals surface area contributed by atoms with E-state index in [-0.39, 0.29) is 5.91 Å². The van der Waals surface area contributed by atoms with E-state index in [1.54, 1.807) is 18.3 Å². The number of ether oxygens (including phenoxy) is 2. The molecular formula is C20H18ClN3O3. The van der Waals surface area contributed by atoms with Crippen LogP contribution >= 0.6 is 11.6 Å². The van der Waals surface area contributed by atoms with Crippen molar-refractivity contribution in [2.24, 2.45) is 0 Å². The molecule has 2 heterocycles. The number of nitrogens with zero attached hydrogens (tertiary/aromatic N) is 2. The number of anilines is 1. The van der Waals surface area contributed by atoms with Crippen molar-refractivity contribution in [3.05, 3.63) is 71.0 Å². The monoisotopic (exact) mass is 383 g/mol. The molecule has 6 nitrogen and oxygen atoms in total. The fourth-order valence-corrected chi connectivity index (χ4v) is 3.10. The average molecular weight is 384 g/mol. The van der Waals surface area contributed by atoms with Crippen LogP contribution in [-0.4, -0.2) is 28.9 Å². The van der Waals surface area contributed by atoms with Crippen LogP contribution in [-0.2, 0) is 6.54 Å². The van der Waals surface area contributed by atoms with Gasteiger partial charge in [0.2, 0.25) is 0 Å². The number of fused-ring (bicyclic) bond motifs is 1. The Morgan fingerprint density at radius 1 is 1.19 bits per heavy atom. The number of nitrogens with one attached hydrogen (secondary N) is 1. The second kappa shape index (κ2) is 7.72. The largest absolute Gasteiger partial charge is 0.489 e. The maximum absolute atomic E-state index is 12.6. The Bertz CT molecular complexity index is 940. The van der Waals surface area contributed by atoms with Crippen LogP contribution in [0.15, 0.2) is 54.9 Å². The molecule has 0 aliphatic carbocycles. The van der Waals surface area contributed by atoms with Gasteiger partial charge in [0.05, 0.1) is 24.8 Å². The number of benzene rings is 2. The Kier molecular flexibility index (Phi) is 4.98. The lowest BCUT2D eigenvalue weighted by atomic mass is 10.1. The van der Waals surface area contributed by atoms with Crippen LogP contribution in [0.5, 0.6) is 11.5 Å². The van der Waals surface area contributed by atoms with Gasteiger partial charge in [-0.3, -0.25) is 9.48 Å². The highest BCUT2D eigenvalue weighted by molar-refractivity contribution is 6.32. The lowest BCUT2D eigenvalue weighted by molar-refractivity contribution is 0.102. The Labute approximate surface area is 161 Å². The summed E-state index contributed by atoms with van der Waals surface area (Å²) >= 11 is 6.26. The van der Waals surface area contributed by atoms with Crippen molar-refractivity contribution >= 4 is 23.2 Å². The SMILES string of the molecule is O=C(Nc1ccc(Cn2cccn2)cc1)c1cc(Cl)c2c(c1)OCCCO2. The summed E-state index contributed by atoms with van der Waals surface area (Å²) in [4.78, 5) is 12.6. The summed E-state index contributed by atoms with van der Waals surface area (Å²) in [5.41, 5.74) is 2.22. The van der Waals surface area contributed by atoms with Crippen molar-refractivity contribution in [2.75, 3.05) is 18.5 Å². The van der Waals surface area contributed by atoms with E-state index in [0.29, 0.717) is 47.5 Å². The topological polar surface area (TPSA) is 65.4 Å². The fourth-order valence-electron chi connectivity index (χ4n) is 2.84. The van der Waals surface area contributed by atoms with Gasteiger partial charge in [-0.15, -0.1) is 0 Å². The smallest absolute Gasteiger partial charge is 0.255 e. The molecule has 4 rings (SSSR count). The third kappa shape index (κ3) is 4.06. The van der Waals surface area contributed by atoms with Crippen molar-refractivity contribution in [2.45, 2.75) is 13.0 Å². The highest BCUT2D eigenvalue weighted by Gasteiger charge is 2.18.